The third-order valence-electron chi connectivity index (χ3n) is 4.00. The molecule has 1 aromatic heterocycles. The molecule has 1 aromatic rings. The molecule has 2 rings (SSSR count). The van der Waals surface area contributed by atoms with Crippen molar-refractivity contribution in [2.45, 2.75) is 39.2 Å². The highest BCUT2D eigenvalue weighted by atomic mass is 16.3. The number of nitrogens with one attached hydrogen (secondary N) is 1. The van der Waals surface area contributed by atoms with Crippen LogP contribution in [-0.4, -0.2) is 37.1 Å². The molecule has 1 aliphatic heterocycles. The predicted molar refractivity (Wildman–Crippen MR) is 74.7 cm³/mol. The lowest BCUT2D eigenvalue weighted by Crippen LogP contribution is -2.42. The minimum Gasteiger partial charge on any atom is -0.469 e. The van der Waals surface area contributed by atoms with Crippen molar-refractivity contribution in [2.75, 3.05) is 26.2 Å². The molecule has 0 saturated carbocycles. The maximum atomic E-state index is 5.45. The molecule has 0 radical (unpaired) electrons. The summed E-state index contributed by atoms with van der Waals surface area (Å²) in [7, 11) is 0. The molecule has 2 atom stereocenters. The van der Waals surface area contributed by atoms with E-state index in [0.717, 1.165) is 24.6 Å². The summed E-state index contributed by atoms with van der Waals surface area (Å²) in [4.78, 5) is 2.58. The minimum absolute atomic E-state index is 0.558. The lowest BCUT2D eigenvalue weighted by Gasteiger charge is -2.33. The van der Waals surface area contributed by atoms with Gasteiger partial charge in [0, 0.05) is 19.0 Å². The first-order valence-electron chi connectivity index (χ1n) is 7.26. The van der Waals surface area contributed by atoms with Gasteiger partial charge in [-0.05, 0) is 57.5 Å². The second-order valence-electron chi connectivity index (χ2n) is 5.43. The Kier molecular flexibility index (Phi) is 5.26. The van der Waals surface area contributed by atoms with Gasteiger partial charge in [0.15, 0.2) is 0 Å². The molecule has 1 saturated heterocycles. The fourth-order valence-corrected chi connectivity index (χ4v) is 2.88. The van der Waals surface area contributed by atoms with Gasteiger partial charge < -0.3 is 14.6 Å². The van der Waals surface area contributed by atoms with Crippen molar-refractivity contribution < 1.29 is 4.42 Å². The Morgan fingerprint density at radius 3 is 3.06 bits per heavy atom. The number of hydrogen-bond donors (Lipinski definition) is 1. The van der Waals surface area contributed by atoms with Crippen LogP contribution in [0.25, 0.3) is 0 Å². The first kappa shape index (κ1) is 13.6. The molecular formula is C15H26N2O. The SMILES string of the molecule is CCN(CC1CCCNC1)C(C)Cc1ccco1. The van der Waals surface area contributed by atoms with Gasteiger partial charge in [0.25, 0.3) is 0 Å². The van der Waals surface area contributed by atoms with Gasteiger partial charge in [-0.1, -0.05) is 6.92 Å². The average Bonchev–Trinajstić information content (AvgIpc) is 2.90. The van der Waals surface area contributed by atoms with Crippen molar-refractivity contribution in [3.8, 4) is 0 Å². The predicted octanol–water partition coefficient (Wildman–Crippen LogP) is 2.53. The smallest absolute Gasteiger partial charge is 0.105 e. The van der Waals surface area contributed by atoms with E-state index in [1.807, 2.05) is 6.07 Å². The molecule has 3 nitrogen and oxygen atoms in total. The van der Waals surface area contributed by atoms with Crippen LogP contribution in [0.15, 0.2) is 22.8 Å². The molecule has 102 valence electrons. The lowest BCUT2D eigenvalue weighted by molar-refractivity contribution is 0.165. The van der Waals surface area contributed by atoms with Crippen LogP contribution in [0, 0.1) is 5.92 Å². The van der Waals surface area contributed by atoms with Crippen molar-refractivity contribution in [3.63, 3.8) is 0 Å². The summed E-state index contributed by atoms with van der Waals surface area (Å²) < 4.78 is 5.45. The summed E-state index contributed by atoms with van der Waals surface area (Å²) in [6.45, 7) is 9.29. The summed E-state index contributed by atoms with van der Waals surface area (Å²) in [5, 5.41) is 3.50. The highest BCUT2D eigenvalue weighted by molar-refractivity contribution is 5.00. The highest BCUT2D eigenvalue weighted by Gasteiger charge is 2.20. The van der Waals surface area contributed by atoms with Gasteiger partial charge >= 0.3 is 0 Å². The van der Waals surface area contributed by atoms with E-state index in [1.54, 1.807) is 6.26 Å². The fourth-order valence-electron chi connectivity index (χ4n) is 2.88. The van der Waals surface area contributed by atoms with Gasteiger partial charge in [-0.15, -0.1) is 0 Å². The number of hydrogen-bond acceptors (Lipinski definition) is 3. The van der Waals surface area contributed by atoms with Crippen LogP contribution >= 0.6 is 0 Å². The molecule has 0 aliphatic carbocycles. The summed E-state index contributed by atoms with van der Waals surface area (Å²) in [5.74, 6) is 1.92. The van der Waals surface area contributed by atoms with Gasteiger partial charge in [-0.25, -0.2) is 0 Å². The van der Waals surface area contributed by atoms with Crippen molar-refractivity contribution in [3.05, 3.63) is 24.2 Å². The van der Waals surface area contributed by atoms with Gasteiger partial charge in [0.05, 0.1) is 6.26 Å². The van der Waals surface area contributed by atoms with Gasteiger partial charge in [0.1, 0.15) is 5.76 Å². The van der Waals surface area contributed by atoms with E-state index in [-0.39, 0.29) is 0 Å². The maximum absolute atomic E-state index is 5.45. The van der Waals surface area contributed by atoms with E-state index in [2.05, 4.69) is 30.1 Å². The van der Waals surface area contributed by atoms with E-state index in [9.17, 15) is 0 Å². The summed E-state index contributed by atoms with van der Waals surface area (Å²) in [6.07, 6.45) is 5.48. The average molecular weight is 250 g/mol. The molecule has 1 fully saturated rings. The Balaban J connectivity index is 1.82. The van der Waals surface area contributed by atoms with E-state index in [4.69, 9.17) is 4.42 Å². The van der Waals surface area contributed by atoms with Crippen molar-refractivity contribution in [1.29, 1.82) is 0 Å². The molecule has 1 N–H and O–H groups in total. The van der Waals surface area contributed by atoms with Crippen LogP contribution in [0.2, 0.25) is 0 Å². The zero-order valence-electron chi connectivity index (χ0n) is 11.7. The molecule has 18 heavy (non-hydrogen) atoms. The lowest BCUT2D eigenvalue weighted by atomic mass is 9.98. The topological polar surface area (TPSA) is 28.4 Å². The number of furan rings is 1. The van der Waals surface area contributed by atoms with Crippen molar-refractivity contribution >= 4 is 0 Å². The van der Waals surface area contributed by atoms with Crippen LogP contribution in [0.4, 0.5) is 0 Å². The third kappa shape index (κ3) is 3.85. The summed E-state index contributed by atoms with van der Waals surface area (Å²) >= 11 is 0. The molecule has 0 aromatic carbocycles. The van der Waals surface area contributed by atoms with Crippen LogP contribution in [0.1, 0.15) is 32.4 Å². The Hall–Kier alpha value is -0.800. The van der Waals surface area contributed by atoms with Crippen molar-refractivity contribution in [1.82, 2.24) is 10.2 Å². The van der Waals surface area contributed by atoms with E-state index in [0.29, 0.717) is 6.04 Å². The third-order valence-corrected chi connectivity index (χ3v) is 4.00. The Labute approximate surface area is 111 Å². The summed E-state index contributed by atoms with van der Waals surface area (Å²) in [5.41, 5.74) is 0. The van der Waals surface area contributed by atoms with Gasteiger partial charge in [-0.3, -0.25) is 0 Å². The number of likely N-dealkylation sites (N-methyl/N-ethyl adjacent to an activating group) is 1. The molecule has 0 spiro atoms. The van der Waals surface area contributed by atoms with Crippen molar-refractivity contribution in [2.24, 2.45) is 5.92 Å². The minimum atomic E-state index is 0.558. The molecule has 3 heteroatoms. The number of piperidine rings is 1. The first-order chi connectivity index (χ1) is 8.79. The largest absolute Gasteiger partial charge is 0.469 e. The van der Waals surface area contributed by atoms with E-state index >= 15 is 0 Å². The zero-order chi connectivity index (χ0) is 12.8. The van der Waals surface area contributed by atoms with Crippen LogP contribution in [0.5, 0.6) is 0 Å². The van der Waals surface area contributed by atoms with Crippen LogP contribution in [-0.2, 0) is 6.42 Å². The molecule has 0 bridgehead atoms. The van der Waals surface area contributed by atoms with Gasteiger partial charge in [-0.2, -0.15) is 0 Å². The Morgan fingerprint density at radius 2 is 2.44 bits per heavy atom. The maximum Gasteiger partial charge on any atom is 0.105 e. The zero-order valence-corrected chi connectivity index (χ0v) is 11.7. The Bertz CT molecular complexity index is 317. The molecule has 0 amide bonds. The fraction of sp³-hybridized carbons (Fsp3) is 0.733. The van der Waals surface area contributed by atoms with E-state index < -0.39 is 0 Å². The number of nitrogens with zero attached hydrogens (tertiary/aromatic N) is 1. The summed E-state index contributed by atoms with van der Waals surface area (Å²) in [6, 6.07) is 4.61. The molecular weight excluding hydrogens is 224 g/mol. The Morgan fingerprint density at radius 1 is 1.56 bits per heavy atom. The normalized spacial score (nSPS) is 22.3. The van der Waals surface area contributed by atoms with E-state index in [1.165, 1.54) is 32.5 Å². The second kappa shape index (κ2) is 6.95. The first-order valence-corrected chi connectivity index (χ1v) is 7.26. The molecule has 1 aliphatic rings. The quantitative estimate of drug-likeness (QED) is 0.841. The van der Waals surface area contributed by atoms with Crippen LogP contribution in [0.3, 0.4) is 0 Å². The molecule has 2 heterocycles. The van der Waals surface area contributed by atoms with Gasteiger partial charge in [0.2, 0.25) is 0 Å². The number of rotatable bonds is 6. The van der Waals surface area contributed by atoms with Crippen LogP contribution < -0.4 is 5.32 Å². The standard InChI is InChI=1S/C15H26N2O/c1-3-17(12-14-6-4-8-16-11-14)13(2)10-15-7-5-9-18-15/h5,7,9,13-14,16H,3-4,6,8,10-12H2,1-2H3. The second-order valence-corrected chi connectivity index (χ2v) is 5.43. The highest BCUT2D eigenvalue weighted by Crippen LogP contribution is 2.15. The monoisotopic (exact) mass is 250 g/mol. The molecule has 2 unspecified atom stereocenters.